The second-order valence-corrected chi connectivity index (χ2v) is 22.2. The van der Waals surface area contributed by atoms with Crippen molar-refractivity contribution in [1.29, 1.82) is 0 Å². The number of ether oxygens (including phenoxy) is 3. The third-order valence-corrected chi connectivity index (χ3v) is 12.8. The summed E-state index contributed by atoms with van der Waals surface area (Å²) >= 11 is 0. The van der Waals surface area contributed by atoms with Crippen molar-refractivity contribution in [3.05, 3.63) is 144 Å². The summed E-state index contributed by atoms with van der Waals surface area (Å²) in [5.41, 5.74) is 5.16. The summed E-state index contributed by atoms with van der Waals surface area (Å²) in [4.78, 5) is 92.1. The number of nitrogens with two attached hydrogens (primary N) is 1. The summed E-state index contributed by atoms with van der Waals surface area (Å²) in [6.45, 7) is 13.2. The largest absolute Gasteiger partial charge is 0.476 e. The topological polar surface area (TPSA) is 308 Å². The van der Waals surface area contributed by atoms with Gasteiger partial charge in [-0.3, -0.25) is 19.4 Å². The van der Waals surface area contributed by atoms with E-state index >= 15 is 0 Å². The number of aromatic carboxylic acids is 1. The highest BCUT2D eigenvalue weighted by Crippen LogP contribution is 2.35. The number of Topliss-reactive ketones (excluding diaryl/α,β-unsaturated/α-hetero) is 1. The molecule has 0 spiro atoms. The van der Waals surface area contributed by atoms with Gasteiger partial charge in [0.2, 0.25) is 11.8 Å². The molecule has 462 valence electrons. The Morgan fingerprint density at radius 3 is 1.52 bits per heavy atom. The van der Waals surface area contributed by atoms with Gasteiger partial charge in [0.1, 0.15) is 35.4 Å². The zero-order valence-electron chi connectivity index (χ0n) is 48.9. The van der Waals surface area contributed by atoms with Crippen molar-refractivity contribution in [2.75, 3.05) is 41.0 Å². The second kappa shape index (κ2) is 27.0. The molecular formula is C60H62F4N12O12. The fraction of sp³-hybridized carbons (Fsp3) is 0.333. The lowest BCUT2D eigenvalue weighted by molar-refractivity contribution is 0.0566. The number of esters is 1. The molecule has 0 radical (unpaired) electrons. The number of carbonyl (C=O) groups excluding carboxylic acids is 5. The molecule has 0 saturated heterocycles. The van der Waals surface area contributed by atoms with Crippen molar-refractivity contribution < 1.29 is 74.5 Å². The summed E-state index contributed by atoms with van der Waals surface area (Å²) in [6.07, 6.45) is 5.22. The maximum Gasteiger partial charge on any atom is 0.416 e. The van der Waals surface area contributed by atoms with Gasteiger partial charge in [0, 0.05) is 42.2 Å². The van der Waals surface area contributed by atoms with Gasteiger partial charge in [-0.15, -0.1) is 0 Å². The Bertz CT molecular complexity index is 3800. The number of amides is 3. The van der Waals surface area contributed by atoms with Crippen LogP contribution in [0.3, 0.4) is 0 Å². The third-order valence-electron chi connectivity index (χ3n) is 12.8. The van der Waals surface area contributed by atoms with E-state index in [1.807, 2.05) is 20.8 Å². The summed E-state index contributed by atoms with van der Waals surface area (Å²) in [5.74, 6) is -0.791. The van der Waals surface area contributed by atoms with Gasteiger partial charge in [0.25, 0.3) is 18.8 Å². The number of aromatic nitrogens is 8. The highest BCUT2D eigenvalue weighted by Gasteiger charge is 2.34. The minimum Gasteiger partial charge on any atom is -0.476 e. The van der Waals surface area contributed by atoms with Gasteiger partial charge in [-0.25, -0.2) is 66.0 Å². The van der Waals surface area contributed by atoms with E-state index < -0.39 is 65.5 Å². The van der Waals surface area contributed by atoms with Crippen molar-refractivity contribution >= 4 is 58.8 Å². The summed E-state index contributed by atoms with van der Waals surface area (Å²) in [6, 6.07) is 18.9. The van der Waals surface area contributed by atoms with Crippen molar-refractivity contribution in [2.24, 2.45) is 11.8 Å². The standard InChI is InChI=1S/C30H30F2N6O5.C18H21N3O5.C12H11F2N3O2/c1-17(39)19-7-9-21(10-8-19)38-15-22(25(36-38)26(31)32)34-27(40)23-16-42-28(35-23)20-11-12-33-24(13-20)37(14-18-5-6-18)29(41)43-30(2,3)4;1-18(2,3)26-17(24)21(9-11-4-5-11)14-8-12(6-7-19-14)15-20-13(10-25-15)16(22)23;1-19-12(18)7-2-4-8(5-3-7)17-6-9(15)10(16-17)11(13)14/h7-13,15-16,18,26H,5-6,14H2,1-4H3,(H,34,40);6-8,10-11H,4-5,9H2,1-3H3,(H,22,23);2-6,11H,15H2,1H3. The Morgan fingerprint density at radius 2 is 1.11 bits per heavy atom. The summed E-state index contributed by atoms with van der Waals surface area (Å²) < 4.78 is 81.5. The molecule has 6 heterocycles. The Morgan fingerprint density at radius 1 is 0.670 bits per heavy atom. The number of ketones is 1. The van der Waals surface area contributed by atoms with Crippen molar-refractivity contribution in [2.45, 2.75) is 98.2 Å². The Balaban J connectivity index is 0.000000189. The number of methoxy groups -OCH3 is 1. The van der Waals surface area contributed by atoms with Crippen LogP contribution in [0.4, 0.5) is 50.2 Å². The average molecular weight is 1220 g/mol. The molecule has 8 aromatic rings. The Kier molecular flexibility index (Phi) is 19.5. The molecule has 28 heteroatoms. The molecule has 0 atom stereocenters. The Hall–Kier alpha value is -10.3. The van der Waals surface area contributed by atoms with Gasteiger partial charge < -0.3 is 39.2 Å². The van der Waals surface area contributed by atoms with E-state index in [-0.39, 0.29) is 40.3 Å². The van der Waals surface area contributed by atoms with Crippen molar-refractivity contribution in [3.63, 3.8) is 0 Å². The van der Waals surface area contributed by atoms with E-state index in [2.05, 4.69) is 40.2 Å². The first kappa shape index (κ1) is 63.7. The molecule has 4 N–H and O–H groups in total. The number of carboxylic acids is 1. The van der Waals surface area contributed by atoms with E-state index in [0.717, 1.165) is 38.2 Å². The lowest BCUT2D eigenvalue weighted by Gasteiger charge is -2.27. The number of carbonyl (C=O) groups is 6. The predicted molar refractivity (Wildman–Crippen MR) is 310 cm³/mol. The van der Waals surface area contributed by atoms with Crippen molar-refractivity contribution in [3.8, 4) is 34.3 Å². The number of nitrogens with zero attached hydrogens (tertiary/aromatic N) is 10. The van der Waals surface area contributed by atoms with E-state index in [9.17, 15) is 46.3 Å². The van der Waals surface area contributed by atoms with Crippen LogP contribution in [0.25, 0.3) is 34.3 Å². The number of anilines is 4. The molecule has 0 bridgehead atoms. The zero-order valence-corrected chi connectivity index (χ0v) is 48.9. The lowest BCUT2D eigenvalue weighted by atomic mass is 10.1. The SMILES string of the molecule is CC(=O)c1ccc(-n2cc(NC(=O)c3coc(-c4ccnc(N(CC5CC5)C(=O)OC(C)(C)C)c4)n3)c(C(F)F)n2)cc1.CC(C)(C)OC(=O)N(CC1CC1)c1cc(-c2nc(C(=O)O)co2)ccn1.COC(=O)c1ccc(-n2cc(N)c(C(F)F)n2)cc1. The zero-order chi connectivity index (χ0) is 63.8. The average Bonchev–Trinajstić information content (AvgIpc) is 3.46. The highest BCUT2D eigenvalue weighted by molar-refractivity contribution is 6.03. The van der Waals surface area contributed by atoms with E-state index in [1.165, 1.54) is 70.1 Å². The quantitative estimate of drug-likeness (QED) is 0.0330. The number of nitrogens with one attached hydrogen (secondary N) is 1. The highest BCUT2D eigenvalue weighted by atomic mass is 19.3. The fourth-order valence-electron chi connectivity index (χ4n) is 8.07. The number of oxazole rings is 2. The van der Waals surface area contributed by atoms with E-state index in [1.54, 1.807) is 81.4 Å². The van der Waals surface area contributed by atoms with Crippen LogP contribution >= 0.6 is 0 Å². The molecule has 6 aromatic heterocycles. The van der Waals surface area contributed by atoms with Gasteiger partial charge >= 0.3 is 24.1 Å². The van der Waals surface area contributed by atoms with E-state index in [4.69, 9.17) is 29.1 Å². The molecular weight excluding hydrogens is 1160 g/mol. The normalized spacial score (nSPS) is 12.9. The maximum absolute atomic E-state index is 13.8. The van der Waals surface area contributed by atoms with Crippen LogP contribution in [-0.2, 0) is 14.2 Å². The first-order valence-electron chi connectivity index (χ1n) is 27.3. The van der Waals surface area contributed by atoms with Crippen LogP contribution in [0.1, 0.15) is 140 Å². The number of hydrogen-bond donors (Lipinski definition) is 3. The van der Waals surface area contributed by atoms with Crippen molar-refractivity contribution in [1.82, 2.24) is 39.5 Å². The number of benzene rings is 2. The van der Waals surface area contributed by atoms with Crippen LogP contribution in [0.5, 0.6) is 0 Å². The molecule has 0 unspecified atom stereocenters. The summed E-state index contributed by atoms with van der Waals surface area (Å²) in [5, 5.41) is 19.0. The predicted octanol–water partition coefficient (Wildman–Crippen LogP) is 12.2. The molecule has 2 aliphatic rings. The maximum atomic E-state index is 13.8. The monoisotopic (exact) mass is 1220 g/mol. The first-order valence-corrected chi connectivity index (χ1v) is 27.3. The van der Waals surface area contributed by atoms with Crippen LogP contribution in [0.2, 0.25) is 0 Å². The number of pyridine rings is 2. The molecule has 2 aromatic carbocycles. The van der Waals surface area contributed by atoms with E-state index in [0.29, 0.717) is 70.2 Å². The Labute approximate surface area is 500 Å². The lowest BCUT2D eigenvalue weighted by Crippen LogP contribution is -2.38. The number of alkyl halides is 4. The fourth-order valence-corrected chi connectivity index (χ4v) is 8.07. The third kappa shape index (κ3) is 17.0. The molecule has 2 saturated carbocycles. The molecule has 2 aliphatic carbocycles. The number of carboxylic acid groups (broad SMARTS) is 1. The van der Waals surface area contributed by atoms with Crippen LogP contribution < -0.4 is 20.9 Å². The molecule has 3 amide bonds. The molecule has 0 aliphatic heterocycles. The van der Waals surface area contributed by atoms with Crippen LogP contribution in [0, 0.1) is 11.8 Å². The molecule has 10 rings (SSSR count). The van der Waals surface area contributed by atoms with Gasteiger partial charge in [0.15, 0.2) is 28.6 Å². The van der Waals surface area contributed by atoms with Crippen LogP contribution in [0.15, 0.2) is 119 Å². The molecule has 24 nitrogen and oxygen atoms in total. The molecule has 2 fully saturated rings. The van der Waals surface area contributed by atoms with Gasteiger partial charge in [-0.1, -0.05) is 0 Å². The molecule has 88 heavy (non-hydrogen) atoms. The second-order valence-electron chi connectivity index (χ2n) is 22.2. The van der Waals surface area contributed by atoms with Gasteiger partial charge in [-0.05, 0) is 159 Å². The minimum absolute atomic E-state index is 0.0692. The number of nitrogen functional groups attached to an aromatic ring is 1. The smallest absolute Gasteiger partial charge is 0.416 e. The summed E-state index contributed by atoms with van der Waals surface area (Å²) in [7, 11) is 1.28. The minimum atomic E-state index is -2.97. The first-order chi connectivity index (χ1) is 41.6. The van der Waals surface area contributed by atoms with Gasteiger partial charge in [-0.2, -0.15) is 10.2 Å². The van der Waals surface area contributed by atoms with Gasteiger partial charge in [0.05, 0.1) is 47.8 Å². The number of halogens is 4. The van der Waals surface area contributed by atoms with Crippen LogP contribution in [-0.4, -0.2) is 112 Å². The number of hydrogen-bond acceptors (Lipinski definition) is 18. The number of rotatable bonds is 17.